The van der Waals surface area contributed by atoms with Crippen LogP contribution in [0.5, 0.6) is 0 Å². The largest absolute Gasteiger partial charge is 0.545 e. The molecule has 11 heteroatoms. The van der Waals surface area contributed by atoms with Crippen LogP contribution in [0.15, 0.2) is 46.2 Å². The van der Waals surface area contributed by atoms with E-state index >= 15 is 0 Å². The van der Waals surface area contributed by atoms with Crippen LogP contribution in [0.1, 0.15) is 41.4 Å². The van der Waals surface area contributed by atoms with Gasteiger partial charge in [-0.25, -0.2) is 8.42 Å². The standard InChI is InChI=1S/C24H10O10S/c25-21(26)9-3-1-7-8-2-4-10(22(27)28)16-12(24(31)32)6-14-20(18(8)16)19-13(35(14,33)34)5-11(23(29)30)15(9)17(7)19/h1-6H,(H,25,26)(H,27,28)(H,29,30)(H,31,32)/p-4. The number of carboxylic acids is 4. The molecule has 0 unspecified atom stereocenters. The molecule has 0 saturated carbocycles. The van der Waals surface area contributed by atoms with E-state index in [-0.39, 0.29) is 43.1 Å². The van der Waals surface area contributed by atoms with Gasteiger partial charge in [-0.05, 0) is 22.9 Å². The van der Waals surface area contributed by atoms with Gasteiger partial charge in [0, 0.05) is 54.6 Å². The minimum Gasteiger partial charge on any atom is -0.545 e. The zero-order valence-electron chi connectivity index (χ0n) is 17.0. The van der Waals surface area contributed by atoms with Gasteiger partial charge in [-0.15, -0.1) is 0 Å². The molecule has 10 nitrogen and oxygen atoms in total. The van der Waals surface area contributed by atoms with Gasteiger partial charge in [0.25, 0.3) is 0 Å². The van der Waals surface area contributed by atoms with Crippen LogP contribution in [0.3, 0.4) is 0 Å². The number of carboxylic acid groups (broad SMARTS) is 4. The van der Waals surface area contributed by atoms with E-state index in [2.05, 4.69) is 0 Å². The topological polar surface area (TPSA) is 195 Å². The fourth-order valence-corrected chi connectivity index (χ4v) is 6.96. The molecule has 0 N–H and O–H groups in total. The molecule has 5 aromatic rings. The number of fused-ring (bicyclic) bond motifs is 1. The minimum absolute atomic E-state index is 0.0260. The third-order valence-electron chi connectivity index (χ3n) is 6.49. The summed E-state index contributed by atoms with van der Waals surface area (Å²) in [6, 6.07) is 6.25. The van der Waals surface area contributed by atoms with Crippen LogP contribution in [0, 0.1) is 0 Å². The van der Waals surface area contributed by atoms with Gasteiger partial charge in [-0.1, -0.05) is 24.3 Å². The van der Waals surface area contributed by atoms with Gasteiger partial charge in [0.2, 0.25) is 9.84 Å². The highest BCUT2D eigenvalue weighted by Crippen LogP contribution is 2.52. The second kappa shape index (κ2) is 6.21. The Kier molecular flexibility index (Phi) is 3.69. The number of aromatic carboxylic acids is 4. The molecule has 1 aliphatic rings. The molecule has 1 aliphatic heterocycles. The molecule has 0 aromatic heterocycles. The van der Waals surface area contributed by atoms with E-state index in [9.17, 15) is 48.0 Å². The molecule has 35 heavy (non-hydrogen) atoms. The van der Waals surface area contributed by atoms with Gasteiger partial charge in [-0.2, -0.15) is 0 Å². The molecule has 172 valence electrons. The molecular formula is C24H6O10S-4. The van der Waals surface area contributed by atoms with Crippen LogP contribution in [-0.4, -0.2) is 32.3 Å². The number of sulfone groups is 1. The monoisotopic (exact) mass is 486 g/mol. The smallest absolute Gasteiger partial charge is 0.207 e. The van der Waals surface area contributed by atoms with Gasteiger partial charge in [0.05, 0.1) is 33.7 Å². The van der Waals surface area contributed by atoms with Crippen LogP contribution in [0.2, 0.25) is 0 Å². The second-order valence-electron chi connectivity index (χ2n) is 8.07. The number of benzene rings is 5. The van der Waals surface area contributed by atoms with Gasteiger partial charge in [0.15, 0.2) is 0 Å². The van der Waals surface area contributed by atoms with Gasteiger partial charge >= 0.3 is 0 Å². The summed E-state index contributed by atoms with van der Waals surface area (Å²) in [5.41, 5.74) is -2.45. The highest BCUT2D eigenvalue weighted by Gasteiger charge is 2.36. The van der Waals surface area contributed by atoms with E-state index in [1.54, 1.807) is 0 Å². The Labute approximate surface area is 193 Å². The van der Waals surface area contributed by atoms with Crippen molar-refractivity contribution in [3.05, 3.63) is 58.7 Å². The predicted octanol–water partition coefficient (Wildman–Crippen LogP) is -1.66. The maximum atomic E-state index is 13.5. The molecule has 5 aromatic carbocycles. The molecule has 1 heterocycles. The molecule has 0 spiro atoms. The number of hydrogen-bond donors (Lipinski definition) is 0. The number of hydrogen-bond acceptors (Lipinski definition) is 10. The van der Waals surface area contributed by atoms with Crippen LogP contribution in [-0.2, 0) is 9.84 Å². The average molecular weight is 486 g/mol. The zero-order valence-corrected chi connectivity index (χ0v) is 17.8. The fourth-order valence-electron chi connectivity index (χ4n) is 5.23. The Bertz CT molecular complexity index is 1880. The van der Waals surface area contributed by atoms with Crippen molar-refractivity contribution in [3.8, 4) is 0 Å². The van der Waals surface area contributed by atoms with E-state index in [0.29, 0.717) is 0 Å². The van der Waals surface area contributed by atoms with Crippen molar-refractivity contribution in [2.24, 2.45) is 0 Å². The summed E-state index contributed by atoms with van der Waals surface area (Å²) in [5, 5.41) is 47.1. The highest BCUT2D eigenvalue weighted by molar-refractivity contribution is 7.92. The lowest BCUT2D eigenvalue weighted by Gasteiger charge is -2.21. The Morgan fingerprint density at radius 3 is 1.14 bits per heavy atom. The van der Waals surface area contributed by atoms with Crippen molar-refractivity contribution < 1.29 is 48.0 Å². The summed E-state index contributed by atoms with van der Waals surface area (Å²) >= 11 is 0. The minimum atomic E-state index is -4.51. The summed E-state index contributed by atoms with van der Waals surface area (Å²) < 4.78 is 27.0. The summed E-state index contributed by atoms with van der Waals surface area (Å²) in [6.07, 6.45) is 0. The molecule has 0 fully saturated rings. The fraction of sp³-hybridized carbons (Fsp3) is 0. The molecule has 6 rings (SSSR count). The zero-order chi connectivity index (χ0) is 25.1. The van der Waals surface area contributed by atoms with Crippen molar-refractivity contribution in [1.29, 1.82) is 0 Å². The molecular weight excluding hydrogens is 480 g/mol. The second-order valence-corrected chi connectivity index (χ2v) is 9.96. The number of carbonyl (C=O) groups is 4. The van der Waals surface area contributed by atoms with Crippen molar-refractivity contribution in [2.75, 3.05) is 0 Å². The molecule has 0 saturated heterocycles. The van der Waals surface area contributed by atoms with Crippen molar-refractivity contribution in [2.45, 2.75) is 9.79 Å². The first-order valence-electron chi connectivity index (χ1n) is 9.85. The molecule has 0 atom stereocenters. The Balaban J connectivity index is 2.09. The van der Waals surface area contributed by atoms with E-state index in [1.165, 1.54) is 12.1 Å². The maximum Gasteiger partial charge on any atom is 0.207 e. The third kappa shape index (κ3) is 2.29. The Morgan fingerprint density at radius 1 is 0.486 bits per heavy atom. The lowest BCUT2D eigenvalue weighted by molar-refractivity contribution is -0.256. The summed E-state index contributed by atoms with van der Waals surface area (Å²) in [6.45, 7) is 0. The van der Waals surface area contributed by atoms with Crippen LogP contribution in [0.4, 0.5) is 0 Å². The molecule has 0 amide bonds. The van der Waals surface area contributed by atoms with Crippen LogP contribution < -0.4 is 20.4 Å². The van der Waals surface area contributed by atoms with E-state index in [0.717, 1.165) is 24.3 Å². The SMILES string of the molecule is O=C([O-])c1ccc2c3ccc(C(=O)[O-])c4c(C(=O)[O-])cc5c(c6c(cc(C(=O)[O-])c1c26)S5(=O)=O)c43. The van der Waals surface area contributed by atoms with E-state index < -0.39 is 65.8 Å². The molecule has 0 aliphatic carbocycles. The van der Waals surface area contributed by atoms with E-state index in [1.807, 2.05) is 0 Å². The van der Waals surface area contributed by atoms with Crippen LogP contribution in [0.25, 0.3) is 43.1 Å². The predicted molar refractivity (Wildman–Crippen MR) is 110 cm³/mol. The first-order valence-corrected chi connectivity index (χ1v) is 11.3. The normalized spacial score (nSPS) is 13.9. The maximum absolute atomic E-state index is 13.5. The molecule has 0 bridgehead atoms. The van der Waals surface area contributed by atoms with Crippen LogP contribution >= 0.6 is 0 Å². The Morgan fingerprint density at radius 2 is 0.829 bits per heavy atom. The number of rotatable bonds is 4. The number of carbonyl (C=O) groups excluding carboxylic acids is 4. The third-order valence-corrected chi connectivity index (χ3v) is 8.29. The Hall–Kier alpha value is -4.77. The first kappa shape index (κ1) is 20.8. The summed E-state index contributed by atoms with van der Waals surface area (Å²) in [5.74, 6) is -7.10. The van der Waals surface area contributed by atoms with E-state index in [4.69, 9.17) is 0 Å². The van der Waals surface area contributed by atoms with Crippen molar-refractivity contribution in [1.82, 2.24) is 0 Å². The lowest BCUT2D eigenvalue weighted by atomic mass is 9.84. The average Bonchev–Trinajstić information content (AvgIpc) is 3.02. The quantitative estimate of drug-likeness (QED) is 0.205. The lowest BCUT2D eigenvalue weighted by Crippen LogP contribution is -2.26. The van der Waals surface area contributed by atoms with Crippen molar-refractivity contribution in [3.63, 3.8) is 0 Å². The van der Waals surface area contributed by atoms with Gasteiger partial charge < -0.3 is 39.6 Å². The molecule has 0 radical (unpaired) electrons. The highest BCUT2D eigenvalue weighted by atomic mass is 32.2. The summed E-state index contributed by atoms with van der Waals surface area (Å²) in [4.78, 5) is 46.6. The van der Waals surface area contributed by atoms with Gasteiger partial charge in [-0.3, -0.25) is 0 Å². The van der Waals surface area contributed by atoms with Crippen molar-refractivity contribution >= 4 is 76.8 Å². The van der Waals surface area contributed by atoms with Gasteiger partial charge in [0.1, 0.15) is 0 Å². The summed E-state index contributed by atoms with van der Waals surface area (Å²) in [7, 11) is -4.51. The first-order chi connectivity index (χ1) is 16.5.